The summed E-state index contributed by atoms with van der Waals surface area (Å²) in [4.78, 5) is 23.9. The second-order valence-electron chi connectivity index (χ2n) is 5.59. The molecule has 1 aromatic carbocycles. The smallest absolute Gasteiger partial charge is 0.341 e. The van der Waals surface area contributed by atoms with Crippen LogP contribution in [0.2, 0.25) is 0 Å². The Morgan fingerprint density at radius 2 is 1.85 bits per heavy atom. The van der Waals surface area contributed by atoms with Gasteiger partial charge in [-0.25, -0.2) is 4.79 Å². The average molecular weight is 273 g/mol. The van der Waals surface area contributed by atoms with Crippen LogP contribution in [0.25, 0.3) is 10.9 Å². The molecule has 2 aromatic rings. The number of nitrogens with zero attached hydrogens (tertiary/aromatic N) is 1. The molecule has 0 aliphatic heterocycles. The molecule has 0 saturated heterocycles. The zero-order valence-corrected chi connectivity index (χ0v) is 12.4. The molecule has 20 heavy (non-hydrogen) atoms. The Morgan fingerprint density at radius 3 is 2.35 bits per heavy atom. The second-order valence-corrected chi connectivity index (χ2v) is 5.59. The van der Waals surface area contributed by atoms with E-state index in [4.69, 9.17) is 0 Å². The predicted molar refractivity (Wildman–Crippen MR) is 79.7 cm³/mol. The van der Waals surface area contributed by atoms with E-state index in [1.165, 1.54) is 4.57 Å². The molecule has 1 N–H and O–H groups in total. The number of benzene rings is 1. The summed E-state index contributed by atoms with van der Waals surface area (Å²) in [6, 6.07) is 3.95. The summed E-state index contributed by atoms with van der Waals surface area (Å²) >= 11 is 0. The molecule has 2 rings (SSSR count). The van der Waals surface area contributed by atoms with Gasteiger partial charge < -0.3 is 9.67 Å². The molecule has 0 bridgehead atoms. The van der Waals surface area contributed by atoms with Crippen LogP contribution in [0.1, 0.15) is 46.8 Å². The van der Waals surface area contributed by atoms with E-state index in [-0.39, 0.29) is 11.5 Å². The molecule has 1 aromatic heterocycles. The van der Waals surface area contributed by atoms with E-state index in [1.807, 2.05) is 39.8 Å². The first-order valence-electron chi connectivity index (χ1n) is 6.62. The third-order valence-corrected chi connectivity index (χ3v) is 3.67. The van der Waals surface area contributed by atoms with Crippen molar-refractivity contribution in [2.75, 3.05) is 0 Å². The zero-order valence-electron chi connectivity index (χ0n) is 12.4. The molecule has 0 aliphatic rings. The van der Waals surface area contributed by atoms with Crippen LogP contribution in [-0.2, 0) is 7.05 Å². The van der Waals surface area contributed by atoms with Gasteiger partial charge in [0.2, 0.25) is 0 Å². The van der Waals surface area contributed by atoms with Gasteiger partial charge in [-0.05, 0) is 42.5 Å². The average Bonchev–Trinajstić information content (AvgIpc) is 2.32. The summed E-state index contributed by atoms with van der Waals surface area (Å²) in [5, 5.41) is 10.3. The fourth-order valence-corrected chi connectivity index (χ4v) is 2.86. The van der Waals surface area contributed by atoms with Gasteiger partial charge in [-0.15, -0.1) is 0 Å². The maximum atomic E-state index is 12.4. The molecule has 4 heteroatoms. The highest BCUT2D eigenvalue weighted by atomic mass is 16.4. The van der Waals surface area contributed by atoms with Crippen LogP contribution in [0.15, 0.2) is 16.9 Å². The molecule has 0 fully saturated rings. The van der Waals surface area contributed by atoms with Gasteiger partial charge in [-0.2, -0.15) is 0 Å². The van der Waals surface area contributed by atoms with Gasteiger partial charge in [-0.1, -0.05) is 19.9 Å². The van der Waals surface area contributed by atoms with Gasteiger partial charge in [0.15, 0.2) is 0 Å². The number of carboxylic acid groups (broad SMARTS) is 1. The number of hydrogen-bond donors (Lipinski definition) is 1. The highest BCUT2D eigenvalue weighted by Gasteiger charge is 2.23. The third-order valence-electron chi connectivity index (χ3n) is 3.67. The molecule has 1 heterocycles. The van der Waals surface area contributed by atoms with Crippen molar-refractivity contribution in [2.24, 2.45) is 7.05 Å². The summed E-state index contributed by atoms with van der Waals surface area (Å²) in [6.07, 6.45) is 0. The fraction of sp³-hybridized carbons (Fsp3) is 0.375. The molecule has 0 radical (unpaired) electrons. The summed E-state index contributed by atoms with van der Waals surface area (Å²) in [5.74, 6) is -1.19. The maximum absolute atomic E-state index is 12.4. The topological polar surface area (TPSA) is 59.3 Å². The van der Waals surface area contributed by atoms with E-state index in [1.54, 1.807) is 7.05 Å². The second kappa shape index (κ2) is 4.78. The van der Waals surface area contributed by atoms with Crippen molar-refractivity contribution in [3.63, 3.8) is 0 Å². The van der Waals surface area contributed by atoms with E-state index in [0.717, 1.165) is 22.0 Å². The monoisotopic (exact) mass is 273 g/mol. The minimum atomic E-state index is -1.16. The summed E-state index contributed by atoms with van der Waals surface area (Å²) < 4.78 is 1.44. The van der Waals surface area contributed by atoms with E-state index in [2.05, 4.69) is 0 Å². The normalized spacial score (nSPS) is 11.3. The molecule has 4 nitrogen and oxygen atoms in total. The standard InChI is InChI=1S/C16H19NO3/c1-8(2)12-13-10(4)6-9(3)7-11(13)17(5)15(18)14(12)16(19)20/h6-8H,1-5H3,(H,19,20). The Kier molecular flexibility index (Phi) is 3.42. The van der Waals surface area contributed by atoms with Crippen LogP contribution in [0.5, 0.6) is 0 Å². The number of aromatic nitrogens is 1. The number of rotatable bonds is 2. The SMILES string of the molecule is Cc1cc(C)c2c(C(C)C)c(C(=O)O)c(=O)n(C)c2c1. The number of carbonyl (C=O) groups is 1. The van der Waals surface area contributed by atoms with E-state index in [0.29, 0.717) is 5.56 Å². The molecule has 0 saturated carbocycles. The van der Waals surface area contributed by atoms with Crippen LogP contribution in [0.4, 0.5) is 0 Å². The first-order valence-corrected chi connectivity index (χ1v) is 6.62. The molecule has 106 valence electrons. The van der Waals surface area contributed by atoms with Crippen molar-refractivity contribution in [1.29, 1.82) is 0 Å². The lowest BCUT2D eigenvalue weighted by molar-refractivity contribution is 0.0693. The van der Waals surface area contributed by atoms with E-state index >= 15 is 0 Å². The summed E-state index contributed by atoms with van der Waals surface area (Å²) in [5.41, 5.74) is 2.93. The van der Waals surface area contributed by atoms with Crippen LogP contribution in [0.3, 0.4) is 0 Å². The molecule has 0 unspecified atom stereocenters. The van der Waals surface area contributed by atoms with Gasteiger partial charge in [0.25, 0.3) is 5.56 Å². The van der Waals surface area contributed by atoms with E-state index < -0.39 is 11.5 Å². The van der Waals surface area contributed by atoms with Crippen LogP contribution < -0.4 is 5.56 Å². The van der Waals surface area contributed by atoms with Crippen molar-refractivity contribution in [1.82, 2.24) is 4.57 Å². The maximum Gasteiger partial charge on any atom is 0.341 e. The van der Waals surface area contributed by atoms with Gasteiger partial charge in [0, 0.05) is 12.4 Å². The Labute approximate surface area is 117 Å². The van der Waals surface area contributed by atoms with E-state index in [9.17, 15) is 14.7 Å². The van der Waals surface area contributed by atoms with Gasteiger partial charge >= 0.3 is 5.97 Å². The first-order chi connectivity index (χ1) is 9.25. The lowest BCUT2D eigenvalue weighted by atomic mass is 9.90. The minimum absolute atomic E-state index is 0.0288. The fourth-order valence-electron chi connectivity index (χ4n) is 2.86. The largest absolute Gasteiger partial charge is 0.477 e. The minimum Gasteiger partial charge on any atom is -0.477 e. The number of aromatic carboxylic acids is 1. The van der Waals surface area contributed by atoms with Gasteiger partial charge in [0.1, 0.15) is 5.56 Å². The van der Waals surface area contributed by atoms with Crippen molar-refractivity contribution in [3.05, 3.63) is 44.7 Å². The third kappa shape index (κ3) is 2.01. The Morgan fingerprint density at radius 1 is 1.25 bits per heavy atom. The zero-order chi connectivity index (χ0) is 15.2. The molecule has 0 aliphatic carbocycles. The Balaban J connectivity index is 3.18. The van der Waals surface area contributed by atoms with Crippen molar-refractivity contribution >= 4 is 16.9 Å². The van der Waals surface area contributed by atoms with Crippen LogP contribution >= 0.6 is 0 Å². The highest BCUT2D eigenvalue weighted by molar-refractivity contribution is 5.98. The van der Waals surface area contributed by atoms with Gasteiger partial charge in [0.05, 0.1) is 5.52 Å². The van der Waals surface area contributed by atoms with Crippen molar-refractivity contribution in [2.45, 2.75) is 33.6 Å². The molecule has 0 amide bonds. The van der Waals surface area contributed by atoms with Crippen LogP contribution in [-0.4, -0.2) is 15.6 Å². The number of hydrogen-bond acceptors (Lipinski definition) is 2. The number of carboxylic acids is 1. The Hall–Kier alpha value is -2.10. The van der Waals surface area contributed by atoms with Gasteiger partial charge in [-0.3, -0.25) is 4.79 Å². The predicted octanol–water partition coefficient (Wildman–Crippen LogP) is 2.98. The van der Waals surface area contributed by atoms with Crippen molar-refractivity contribution in [3.8, 4) is 0 Å². The number of aryl methyl sites for hydroxylation is 3. The summed E-state index contributed by atoms with van der Waals surface area (Å²) in [7, 11) is 1.63. The number of fused-ring (bicyclic) bond motifs is 1. The van der Waals surface area contributed by atoms with Crippen LogP contribution in [0, 0.1) is 13.8 Å². The molecular formula is C16H19NO3. The Bertz CT molecular complexity index is 770. The number of pyridine rings is 1. The molecule has 0 spiro atoms. The molecule has 0 atom stereocenters. The summed E-state index contributed by atoms with van der Waals surface area (Å²) in [6.45, 7) is 7.76. The highest BCUT2D eigenvalue weighted by Crippen LogP contribution is 2.30. The van der Waals surface area contributed by atoms with Crippen molar-refractivity contribution < 1.29 is 9.90 Å². The first kappa shape index (κ1) is 14.3. The quantitative estimate of drug-likeness (QED) is 0.915. The lowest BCUT2D eigenvalue weighted by Gasteiger charge is -2.18. The molecular weight excluding hydrogens is 254 g/mol. The lowest BCUT2D eigenvalue weighted by Crippen LogP contribution is -2.27.